The van der Waals surface area contributed by atoms with Crippen LogP contribution in [0.25, 0.3) is 22.2 Å². The van der Waals surface area contributed by atoms with E-state index in [9.17, 15) is 5.26 Å². The lowest BCUT2D eigenvalue weighted by Gasteiger charge is -2.04. The number of rotatable bonds is 1. The molecular weight excluding hydrogens is 260 g/mol. The normalized spacial score (nSPS) is 10.6. The molecule has 4 nitrogen and oxygen atoms in total. The third kappa shape index (κ3) is 2.05. The van der Waals surface area contributed by atoms with Crippen LogP contribution in [0, 0.1) is 11.3 Å². The first kappa shape index (κ1) is 11.7. The van der Waals surface area contributed by atoms with Crippen molar-refractivity contribution in [2.24, 2.45) is 7.05 Å². The van der Waals surface area contributed by atoms with Crippen molar-refractivity contribution in [3.05, 3.63) is 47.2 Å². The first-order chi connectivity index (χ1) is 9.17. The number of nitriles is 1. The van der Waals surface area contributed by atoms with E-state index < -0.39 is 0 Å². The van der Waals surface area contributed by atoms with Crippen molar-refractivity contribution >= 4 is 22.5 Å². The van der Waals surface area contributed by atoms with Crippen LogP contribution in [0.5, 0.6) is 0 Å². The number of fused-ring (bicyclic) bond motifs is 1. The minimum atomic E-state index is 0.561. The van der Waals surface area contributed by atoms with E-state index in [2.05, 4.69) is 16.2 Å². The van der Waals surface area contributed by atoms with Crippen LogP contribution in [-0.2, 0) is 7.05 Å². The Morgan fingerprint density at radius 2 is 2.16 bits per heavy atom. The molecule has 19 heavy (non-hydrogen) atoms. The Bertz CT molecular complexity index is 814. The summed E-state index contributed by atoms with van der Waals surface area (Å²) in [5.41, 5.74) is 2.93. The third-order valence-electron chi connectivity index (χ3n) is 2.89. The summed E-state index contributed by atoms with van der Waals surface area (Å²) in [7, 11) is 1.84. The molecule has 0 aliphatic heterocycles. The molecule has 0 unspecified atom stereocenters. The van der Waals surface area contributed by atoms with Gasteiger partial charge in [-0.2, -0.15) is 10.4 Å². The van der Waals surface area contributed by atoms with E-state index in [0.29, 0.717) is 10.6 Å². The average Bonchev–Trinajstić information content (AvgIpc) is 2.84. The van der Waals surface area contributed by atoms with Gasteiger partial charge in [0.1, 0.15) is 0 Å². The van der Waals surface area contributed by atoms with Crippen molar-refractivity contribution in [2.75, 3.05) is 0 Å². The number of benzene rings is 1. The van der Waals surface area contributed by atoms with Crippen molar-refractivity contribution in [3.63, 3.8) is 0 Å². The smallest absolute Gasteiger partial charge is 0.0999 e. The highest BCUT2D eigenvalue weighted by atomic mass is 35.5. The van der Waals surface area contributed by atoms with E-state index in [1.54, 1.807) is 29.1 Å². The predicted octanol–water partition coefficient (Wildman–Crippen LogP) is 3.16. The second-order valence-corrected chi connectivity index (χ2v) is 4.67. The quantitative estimate of drug-likeness (QED) is 0.681. The Hall–Kier alpha value is -2.38. The molecule has 0 atom stereocenters. The molecule has 5 heteroatoms. The van der Waals surface area contributed by atoms with Gasteiger partial charge >= 0.3 is 0 Å². The first-order valence-electron chi connectivity index (χ1n) is 5.67. The second-order valence-electron chi connectivity index (χ2n) is 4.23. The molecule has 92 valence electrons. The summed E-state index contributed by atoms with van der Waals surface area (Å²) in [5, 5.41) is 14.7. The number of aromatic nitrogens is 3. The number of hydrogen-bond donors (Lipinski definition) is 0. The molecule has 2 heterocycles. The summed E-state index contributed by atoms with van der Waals surface area (Å²) in [6.45, 7) is 0. The SMILES string of the molecule is Cn1cc(-c2cc(C#N)c3cc(Cl)ccc3n2)cn1. The van der Waals surface area contributed by atoms with Gasteiger partial charge in [0.2, 0.25) is 0 Å². The lowest BCUT2D eigenvalue weighted by Crippen LogP contribution is -1.89. The van der Waals surface area contributed by atoms with Gasteiger partial charge in [0.05, 0.1) is 29.0 Å². The summed E-state index contributed by atoms with van der Waals surface area (Å²) >= 11 is 5.96. The molecule has 0 saturated carbocycles. The zero-order valence-electron chi connectivity index (χ0n) is 10.1. The molecule has 0 aliphatic rings. The molecule has 0 spiro atoms. The molecule has 0 amide bonds. The highest BCUT2D eigenvalue weighted by Gasteiger charge is 2.09. The van der Waals surface area contributed by atoms with Crippen LogP contribution in [0.3, 0.4) is 0 Å². The summed E-state index contributed by atoms with van der Waals surface area (Å²) in [6, 6.07) is 9.29. The molecule has 1 aromatic carbocycles. The molecule has 3 aromatic rings. The maximum atomic E-state index is 9.26. The Balaban J connectivity index is 2.29. The van der Waals surface area contributed by atoms with Crippen molar-refractivity contribution in [3.8, 4) is 17.3 Å². The Morgan fingerprint density at radius 1 is 1.32 bits per heavy atom. The van der Waals surface area contributed by atoms with Gasteiger partial charge in [-0.25, -0.2) is 4.98 Å². The first-order valence-corrected chi connectivity index (χ1v) is 6.04. The molecular formula is C14H9ClN4. The van der Waals surface area contributed by atoms with Gasteiger partial charge in [-0.15, -0.1) is 0 Å². The highest BCUT2D eigenvalue weighted by Crippen LogP contribution is 2.26. The van der Waals surface area contributed by atoms with Gasteiger partial charge in [0, 0.05) is 29.2 Å². The zero-order valence-corrected chi connectivity index (χ0v) is 10.9. The maximum absolute atomic E-state index is 9.26. The second kappa shape index (κ2) is 4.38. The monoisotopic (exact) mass is 268 g/mol. The largest absolute Gasteiger partial charge is 0.275 e. The van der Waals surface area contributed by atoms with E-state index in [1.165, 1.54) is 0 Å². The van der Waals surface area contributed by atoms with Gasteiger partial charge in [0.15, 0.2) is 0 Å². The van der Waals surface area contributed by atoms with Crippen LogP contribution in [-0.4, -0.2) is 14.8 Å². The van der Waals surface area contributed by atoms with Crippen LogP contribution in [0.2, 0.25) is 5.02 Å². The lowest BCUT2D eigenvalue weighted by atomic mass is 10.1. The Kier molecular flexibility index (Phi) is 2.69. The van der Waals surface area contributed by atoms with Crippen molar-refractivity contribution in [1.29, 1.82) is 5.26 Å². The Morgan fingerprint density at radius 3 is 2.84 bits per heavy atom. The van der Waals surface area contributed by atoms with E-state index >= 15 is 0 Å². The fraction of sp³-hybridized carbons (Fsp3) is 0.0714. The summed E-state index contributed by atoms with van der Waals surface area (Å²) in [5.74, 6) is 0. The zero-order chi connectivity index (χ0) is 13.4. The fourth-order valence-electron chi connectivity index (χ4n) is 1.99. The van der Waals surface area contributed by atoms with Gasteiger partial charge in [0.25, 0.3) is 0 Å². The number of aryl methyl sites for hydroxylation is 1. The summed E-state index contributed by atoms with van der Waals surface area (Å²) < 4.78 is 1.70. The molecule has 0 radical (unpaired) electrons. The summed E-state index contributed by atoms with van der Waals surface area (Å²) in [6.07, 6.45) is 3.59. The molecule has 3 rings (SSSR count). The van der Waals surface area contributed by atoms with E-state index in [0.717, 1.165) is 22.2 Å². The highest BCUT2D eigenvalue weighted by molar-refractivity contribution is 6.31. The molecule has 0 saturated heterocycles. The van der Waals surface area contributed by atoms with Gasteiger partial charge < -0.3 is 0 Å². The van der Waals surface area contributed by atoms with Gasteiger partial charge in [-0.05, 0) is 24.3 Å². The minimum absolute atomic E-state index is 0.561. The van der Waals surface area contributed by atoms with Crippen LogP contribution >= 0.6 is 11.6 Å². The predicted molar refractivity (Wildman–Crippen MR) is 73.7 cm³/mol. The van der Waals surface area contributed by atoms with Gasteiger partial charge in [-0.1, -0.05) is 11.6 Å². The molecule has 0 bridgehead atoms. The van der Waals surface area contributed by atoms with Crippen molar-refractivity contribution < 1.29 is 0 Å². The third-order valence-corrected chi connectivity index (χ3v) is 3.13. The van der Waals surface area contributed by atoms with Crippen LogP contribution in [0.4, 0.5) is 0 Å². The van der Waals surface area contributed by atoms with Crippen molar-refractivity contribution in [2.45, 2.75) is 0 Å². The van der Waals surface area contributed by atoms with Crippen LogP contribution in [0.15, 0.2) is 36.7 Å². The molecule has 2 aromatic heterocycles. The maximum Gasteiger partial charge on any atom is 0.0999 e. The van der Waals surface area contributed by atoms with Crippen LogP contribution < -0.4 is 0 Å². The molecule has 0 N–H and O–H groups in total. The standard InChI is InChI=1S/C14H9ClN4/c1-19-8-10(7-17-19)14-4-9(6-16)12-5-11(15)2-3-13(12)18-14/h2-5,7-8H,1H3. The summed E-state index contributed by atoms with van der Waals surface area (Å²) in [4.78, 5) is 4.55. The number of halogens is 1. The van der Waals surface area contributed by atoms with Crippen molar-refractivity contribution in [1.82, 2.24) is 14.8 Å². The average molecular weight is 269 g/mol. The van der Waals surface area contributed by atoms with E-state index in [4.69, 9.17) is 11.6 Å². The fourth-order valence-corrected chi connectivity index (χ4v) is 2.16. The lowest BCUT2D eigenvalue weighted by molar-refractivity contribution is 0.768. The minimum Gasteiger partial charge on any atom is -0.275 e. The van der Waals surface area contributed by atoms with E-state index in [1.807, 2.05) is 19.3 Å². The molecule has 0 aliphatic carbocycles. The topological polar surface area (TPSA) is 54.5 Å². The van der Waals surface area contributed by atoms with Gasteiger partial charge in [-0.3, -0.25) is 4.68 Å². The number of pyridine rings is 1. The number of hydrogen-bond acceptors (Lipinski definition) is 3. The number of nitrogens with zero attached hydrogens (tertiary/aromatic N) is 4. The van der Waals surface area contributed by atoms with E-state index in [-0.39, 0.29) is 0 Å². The molecule has 0 fully saturated rings. The van der Waals surface area contributed by atoms with Crippen LogP contribution in [0.1, 0.15) is 5.56 Å². The Labute approximate surface area is 114 Å².